The van der Waals surface area contributed by atoms with Crippen LogP contribution < -0.4 is 0 Å². The molecule has 2 nitrogen and oxygen atoms in total. The van der Waals surface area contributed by atoms with Gasteiger partial charge >= 0.3 is 5.97 Å². The van der Waals surface area contributed by atoms with Crippen LogP contribution in [0.3, 0.4) is 0 Å². The van der Waals surface area contributed by atoms with E-state index in [1.54, 1.807) is 0 Å². The Balaban J connectivity index is 4.48. The van der Waals surface area contributed by atoms with Gasteiger partial charge in [-0.2, -0.15) is 0 Å². The van der Waals surface area contributed by atoms with Gasteiger partial charge in [-0.25, -0.2) is 0 Å². The first kappa shape index (κ1) is 29.5. The number of hydrogen-bond acceptors (Lipinski definition) is 1. The van der Waals surface area contributed by atoms with E-state index in [-0.39, 0.29) is 0 Å². The standard InChI is InChI=1S/C28H56O2/c1-5-8-11-14-15-16-17-20-23-26(22-19-13-10-7-3)25-28(4,27(29)30)24-21-18-12-9-6-2/h26H,5-25H2,1-4H3,(H,29,30). The van der Waals surface area contributed by atoms with Crippen LogP contribution in [0.25, 0.3) is 0 Å². The summed E-state index contributed by atoms with van der Waals surface area (Å²) in [4.78, 5) is 12.2. The lowest BCUT2D eigenvalue weighted by Crippen LogP contribution is -2.30. The van der Waals surface area contributed by atoms with E-state index in [9.17, 15) is 9.90 Å². The molecule has 0 saturated carbocycles. The molecule has 1 N–H and O–H groups in total. The number of rotatable bonds is 23. The van der Waals surface area contributed by atoms with Gasteiger partial charge in [0.2, 0.25) is 0 Å². The molecule has 0 aliphatic heterocycles. The SMILES string of the molecule is CCCCCCCCCCC(CCCCCC)CC(C)(CCCCCCC)C(=O)O. The maximum absolute atomic E-state index is 12.2. The van der Waals surface area contributed by atoms with Gasteiger partial charge in [0.25, 0.3) is 0 Å². The van der Waals surface area contributed by atoms with Gasteiger partial charge in [0, 0.05) is 0 Å². The minimum atomic E-state index is -0.563. The highest BCUT2D eigenvalue weighted by molar-refractivity contribution is 5.74. The minimum Gasteiger partial charge on any atom is -0.481 e. The van der Waals surface area contributed by atoms with Gasteiger partial charge in [-0.1, -0.05) is 143 Å². The van der Waals surface area contributed by atoms with Crippen LogP contribution in [0.5, 0.6) is 0 Å². The molecule has 0 aromatic carbocycles. The average Bonchev–Trinajstić information content (AvgIpc) is 2.72. The summed E-state index contributed by atoms with van der Waals surface area (Å²) >= 11 is 0. The van der Waals surface area contributed by atoms with Crippen LogP contribution in [0.2, 0.25) is 0 Å². The van der Waals surface area contributed by atoms with Gasteiger partial charge in [-0.05, 0) is 25.7 Å². The Kier molecular flexibility index (Phi) is 20.0. The van der Waals surface area contributed by atoms with E-state index in [4.69, 9.17) is 0 Å². The lowest BCUT2D eigenvalue weighted by molar-refractivity contribution is -0.149. The fraction of sp³-hybridized carbons (Fsp3) is 0.964. The number of aliphatic carboxylic acids is 1. The van der Waals surface area contributed by atoms with Gasteiger partial charge in [0.05, 0.1) is 5.41 Å². The van der Waals surface area contributed by atoms with E-state index in [1.165, 1.54) is 116 Å². The van der Waals surface area contributed by atoms with Crippen molar-refractivity contribution >= 4 is 5.97 Å². The first-order valence-corrected chi connectivity index (χ1v) is 13.7. The van der Waals surface area contributed by atoms with Crippen LogP contribution in [-0.2, 0) is 4.79 Å². The van der Waals surface area contributed by atoms with Crippen molar-refractivity contribution in [1.82, 2.24) is 0 Å². The van der Waals surface area contributed by atoms with Crippen molar-refractivity contribution in [3.63, 3.8) is 0 Å². The topological polar surface area (TPSA) is 37.3 Å². The normalized spacial score (nSPS) is 14.5. The van der Waals surface area contributed by atoms with Crippen molar-refractivity contribution in [2.75, 3.05) is 0 Å². The molecule has 2 atom stereocenters. The monoisotopic (exact) mass is 424 g/mol. The Morgan fingerprint density at radius 1 is 0.633 bits per heavy atom. The third-order valence-corrected chi connectivity index (χ3v) is 7.02. The molecule has 0 fully saturated rings. The predicted molar refractivity (Wildman–Crippen MR) is 133 cm³/mol. The Morgan fingerprint density at radius 3 is 1.43 bits per heavy atom. The van der Waals surface area contributed by atoms with Crippen molar-refractivity contribution in [3.8, 4) is 0 Å². The van der Waals surface area contributed by atoms with E-state index in [2.05, 4.69) is 20.8 Å². The highest BCUT2D eigenvalue weighted by atomic mass is 16.4. The lowest BCUT2D eigenvalue weighted by Gasteiger charge is -2.30. The molecule has 180 valence electrons. The summed E-state index contributed by atoms with van der Waals surface area (Å²) in [6, 6.07) is 0. The maximum Gasteiger partial charge on any atom is 0.309 e. The van der Waals surface area contributed by atoms with E-state index < -0.39 is 11.4 Å². The maximum atomic E-state index is 12.2. The Bertz CT molecular complexity index is 379. The van der Waals surface area contributed by atoms with Crippen LogP contribution in [0.15, 0.2) is 0 Å². The summed E-state index contributed by atoms with van der Waals surface area (Å²) in [6.07, 6.45) is 26.3. The number of hydrogen-bond donors (Lipinski definition) is 1. The summed E-state index contributed by atoms with van der Waals surface area (Å²) in [5.74, 6) is 0.0335. The second-order valence-corrected chi connectivity index (χ2v) is 10.2. The Labute approximate surface area is 190 Å². The molecule has 0 saturated heterocycles. The number of carboxylic acids is 1. The van der Waals surface area contributed by atoms with Crippen molar-refractivity contribution in [1.29, 1.82) is 0 Å². The molecular weight excluding hydrogens is 368 g/mol. The van der Waals surface area contributed by atoms with E-state index in [1.807, 2.05) is 6.92 Å². The zero-order valence-electron chi connectivity index (χ0n) is 21.3. The van der Waals surface area contributed by atoms with Gasteiger partial charge in [-0.15, -0.1) is 0 Å². The average molecular weight is 425 g/mol. The lowest BCUT2D eigenvalue weighted by atomic mass is 9.74. The van der Waals surface area contributed by atoms with Crippen molar-refractivity contribution in [3.05, 3.63) is 0 Å². The van der Waals surface area contributed by atoms with Gasteiger partial charge in [0.15, 0.2) is 0 Å². The molecule has 0 radical (unpaired) electrons. The quantitative estimate of drug-likeness (QED) is 0.166. The fourth-order valence-corrected chi connectivity index (χ4v) is 4.83. The van der Waals surface area contributed by atoms with E-state index >= 15 is 0 Å². The predicted octanol–water partition coefficient (Wildman–Crippen LogP) is 9.95. The third kappa shape index (κ3) is 16.2. The summed E-state index contributed by atoms with van der Waals surface area (Å²) in [6.45, 7) is 8.80. The number of carboxylic acid groups (broad SMARTS) is 1. The van der Waals surface area contributed by atoms with Crippen LogP contribution in [0, 0.1) is 11.3 Å². The van der Waals surface area contributed by atoms with Crippen molar-refractivity contribution in [2.24, 2.45) is 11.3 Å². The largest absolute Gasteiger partial charge is 0.481 e. The van der Waals surface area contributed by atoms with Crippen molar-refractivity contribution < 1.29 is 9.90 Å². The second-order valence-electron chi connectivity index (χ2n) is 10.2. The molecular formula is C28H56O2. The highest BCUT2D eigenvalue weighted by Gasteiger charge is 2.34. The highest BCUT2D eigenvalue weighted by Crippen LogP contribution is 2.37. The molecule has 0 bridgehead atoms. The van der Waals surface area contributed by atoms with Gasteiger partial charge in [0.1, 0.15) is 0 Å². The molecule has 0 rings (SSSR count). The van der Waals surface area contributed by atoms with E-state index in [0.717, 1.165) is 19.3 Å². The summed E-state index contributed by atoms with van der Waals surface area (Å²) in [5, 5.41) is 10.0. The van der Waals surface area contributed by atoms with Gasteiger partial charge in [-0.3, -0.25) is 4.79 Å². The zero-order valence-corrected chi connectivity index (χ0v) is 21.3. The molecule has 0 spiro atoms. The molecule has 0 aliphatic rings. The molecule has 0 aromatic rings. The third-order valence-electron chi connectivity index (χ3n) is 7.02. The van der Waals surface area contributed by atoms with Crippen LogP contribution in [0.4, 0.5) is 0 Å². The van der Waals surface area contributed by atoms with Crippen LogP contribution >= 0.6 is 0 Å². The molecule has 0 aromatic heterocycles. The molecule has 30 heavy (non-hydrogen) atoms. The molecule has 0 heterocycles. The molecule has 0 aliphatic carbocycles. The zero-order chi connectivity index (χ0) is 22.5. The summed E-state index contributed by atoms with van der Waals surface area (Å²) in [5.41, 5.74) is -0.526. The number of unbranched alkanes of at least 4 members (excludes halogenated alkanes) is 14. The Morgan fingerprint density at radius 2 is 1.00 bits per heavy atom. The second kappa shape index (κ2) is 20.4. The Hall–Kier alpha value is -0.530. The van der Waals surface area contributed by atoms with Crippen molar-refractivity contribution in [2.45, 2.75) is 163 Å². The first-order valence-electron chi connectivity index (χ1n) is 13.7. The molecule has 2 unspecified atom stereocenters. The van der Waals surface area contributed by atoms with Gasteiger partial charge < -0.3 is 5.11 Å². The molecule has 2 heteroatoms. The van der Waals surface area contributed by atoms with E-state index in [0.29, 0.717) is 5.92 Å². The summed E-state index contributed by atoms with van der Waals surface area (Å²) < 4.78 is 0. The molecule has 0 amide bonds. The smallest absolute Gasteiger partial charge is 0.309 e. The minimum absolute atomic E-state index is 0.526. The first-order chi connectivity index (χ1) is 14.5. The van der Waals surface area contributed by atoms with Crippen LogP contribution in [0.1, 0.15) is 163 Å². The fourth-order valence-electron chi connectivity index (χ4n) is 4.83. The number of carbonyl (C=O) groups is 1. The summed E-state index contributed by atoms with van der Waals surface area (Å²) in [7, 11) is 0. The van der Waals surface area contributed by atoms with Crippen LogP contribution in [-0.4, -0.2) is 11.1 Å².